The monoisotopic (exact) mass is 347 g/mol. The van der Waals surface area contributed by atoms with Crippen molar-refractivity contribution in [1.29, 1.82) is 0 Å². The smallest absolute Gasteiger partial charge is 0.337 e. The molecule has 0 bridgehead atoms. The molecule has 0 spiro atoms. The van der Waals surface area contributed by atoms with Gasteiger partial charge in [0.25, 0.3) is 0 Å². The number of para-hydroxylation sites is 1. The normalized spacial score (nSPS) is 10.2. The fourth-order valence-corrected chi connectivity index (χ4v) is 2.47. The molecule has 2 aromatic carbocycles. The molecule has 0 fully saturated rings. The second-order valence-corrected chi connectivity index (χ2v) is 5.50. The first-order valence-electron chi connectivity index (χ1n) is 6.32. The van der Waals surface area contributed by atoms with Gasteiger partial charge in [0, 0.05) is 11.5 Å². The number of aromatic carboxylic acids is 1. The second-order valence-electron chi connectivity index (χ2n) is 4.58. The Morgan fingerprint density at radius 3 is 2.52 bits per heavy atom. The van der Waals surface area contributed by atoms with E-state index in [1.807, 2.05) is 24.3 Å². The molecule has 0 saturated heterocycles. The molecule has 1 N–H and O–H groups in total. The summed E-state index contributed by atoms with van der Waals surface area (Å²) in [5.41, 5.74) is 1.38. The predicted octanol–water partition coefficient (Wildman–Crippen LogP) is 3.35. The van der Waals surface area contributed by atoms with Crippen molar-refractivity contribution in [2.45, 2.75) is 6.42 Å². The fourth-order valence-electron chi connectivity index (χ4n) is 2.02. The predicted molar refractivity (Wildman–Crippen MR) is 84.7 cm³/mol. The molecule has 0 aliphatic rings. The summed E-state index contributed by atoms with van der Waals surface area (Å²) in [6, 6.07) is 13.9. The fraction of sp³-hybridized carbons (Fsp3) is 0.125. The maximum absolute atomic E-state index is 12.3. The quantitative estimate of drug-likeness (QED) is 0.922. The number of halogens is 1. The van der Waals surface area contributed by atoms with Gasteiger partial charge >= 0.3 is 5.97 Å². The third-order valence-corrected chi connectivity index (χ3v) is 3.61. The van der Waals surface area contributed by atoms with E-state index in [1.165, 1.54) is 11.0 Å². The number of carbonyl (C=O) groups excluding carboxylic acids is 1. The second kappa shape index (κ2) is 6.54. The number of carbonyl (C=O) groups is 2. The van der Waals surface area contributed by atoms with E-state index in [0.29, 0.717) is 5.69 Å². The maximum Gasteiger partial charge on any atom is 0.337 e. The third-order valence-electron chi connectivity index (χ3n) is 3.11. The van der Waals surface area contributed by atoms with Crippen LogP contribution < -0.4 is 4.90 Å². The number of carboxylic acids is 1. The molecule has 21 heavy (non-hydrogen) atoms. The van der Waals surface area contributed by atoms with Crippen LogP contribution in [-0.4, -0.2) is 24.0 Å². The van der Waals surface area contributed by atoms with Crippen LogP contribution in [0.4, 0.5) is 5.69 Å². The zero-order valence-corrected chi connectivity index (χ0v) is 13.0. The van der Waals surface area contributed by atoms with Crippen LogP contribution in [0.25, 0.3) is 0 Å². The highest BCUT2D eigenvalue weighted by atomic mass is 79.9. The largest absolute Gasteiger partial charge is 0.478 e. The van der Waals surface area contributed by atoms with Crippen LogP contribution in [0.15, 0.2) is 53.0 Å². The lowest BCUT2D eigenvalue weighted by Crippen LogP contribution is -2.29. The molecule has 108 valence electrons. The van der Waals surface area contributed by atoms with Crippen LogP contribution in [0.2, 0.25) is 0 Å². The van der Waals surface area contributed by atoms with Gasteiger partial charge in [0.15, 0.2) is 0 Å². The van der Waals surface area contributed by atoms with Gasteiger partial charge in [-0.15, -0.1) is 0 Å². The lowest BCUT2D eigenvalue weighted by molar-refractivity contribution is -0.117. The summed E-state index contributed by atoms with van der Waals surface area (Å²) in [5, 5.41) is 9.18. The van der Waals surface area contributed by atoms with Gasteiger partial charge in [-0.2, -0.15) is 0 Å². The molecule has 0 heterocycles. The number of nitrogens with zero attached hydrogens (tertiary/aromatic N) is 1. The third kappa shape index (κ3) is 3.70. The average molecular weight is 348 g/mol. The molecule has 1 amide bonds. The van der Waals surface area contributed by atoms with E-state index in [0.717, 1.165) is 10.0 Å². The van der Waals surface area contributed by atoms with Crippen molar-refractivity contribution in [2.24, 2.45) is 0 Å². The number of amides is 1. The highest BCUT2D eigenvalue weighted by molar-refractivity contribution is 9.10. The van der Waals surface area contributed by atoms with Crippen LogP contribution in [0.5, 0.6) is 0 Å². The van der Waals surface area contributed by atoms with Crippen LogP contribution in [0, 0.1) is 0 Å². The van der Waals surface area contributed by atoms with E-state index < -0.39 is 5.97 Å². The minimum Gasteiger partial charge on any atom is -0.478 e. The molecule has 4 nitrogen and oxygen atoms in total. The van der Waals surface area contributed by atoms with E-state index in [9.17, 15) is 14.7 Å². The van der Waals surface area contributed by atoms with Gasteiger partial charge in [-0.05, 0) is 29.8 Å². The Balaban J connectivity index is 2.22. The number of benzene rings is 2. The van der Waals surface area contributed by atoms with Crippen molar-refractivity contribution < 1.29 is 14.7 Å². The molecule has 5 heteroatoms. The number of anilines is 1. The van der Waals surface area contributed by atoms with Gasteiger partial charge in [-0.1, -0.05) is 40.2 Å². The summed E-state index contributed by atoms with van der Waals surface area (Å²) in [6.07, 6.45) is 0.212. The first kappa shape index (κ1) is 15.3. The highest BCUT2D eigenvalue weighted by Gasteiger charge is 2.17. The first-order valence-corrected chi connectivity index (χ1v) is 7.11. The summed E-state index contributed by atoms with van der Waals surface area (Å²) < 4.78 is 0.904. The van der Waals surface area contributed by atoms with Crippen LogP contribution in [0.1, 0.15) is 15.9 Å². The first-order chi connectivity index (χ1) is 9.99. The average Bonchev–Trinajstić information content (AvgIpc) is 2.46. The topological polar surface area (TPSA) is 57.6 Å². The van der Waals surface area contributed by atoms with E-state index in [-0.39, 0.29) is 17.9 Å². The highest BCUT2D eigenvalue weighted by Crippen LogP contribution is 2.20. The molecule has 0 aliphatic heterocycles. The number of likely N-dealkylation sites (N-methyl/N-ethyl adjacent to an activating group) is 1. The maximum atomic E-state index is 12.3. The summed E-state index contributed by atoms with van der Waals surface area (Å²) in [5.74, 6) is -1.21. The molecule has 0 aromatic heterocycles. The molecule has 0 saturated carbocycles. The molecule has 0 atom stereocenters. The standard InChI is InChI=1S/C16H14BrNO3/c1-18(14-8-3-2-7-13(14)16(20)21)15(19)10-11-5-4-6-12(17)9-11/h2-9H,10H2,1H3,(H,20,21). The lowest BCUT2D eigenvalue weighted by Gasteiger charge is -2.19. The number of carboxylic acid groups (broad SMARTS) is 1. The Kier molecular flexibility index (Phi) is 4.75. The van der Waals surface area contributed by atoms with Gasteiger partial charge in [-0.3, -0.25) is 4.79 Å². The van der Waals surface area contributed by atoms with Gasteiger partial charge in [0.1, 0.15) is 0 Å². The summed E-state index contributed by atoms with van der Waals surface area (Å²) in [6.45, 7) is 0. The molecule has 0 unspecified atom stereocenters. The van der Waals surface area contributed by atoms with E-state index >= 15 is 0 Å². The van der Waals surface area contributed by atoms with E-state index in [1.54, 1.807) is 25.2 Å². The molecular formula is C16H14BrNO3. The van der Waals surface area contributed by atoms with Crippen LogP contribution in [0.3, 0.4) is 0 Å². The zero-order valence-electron chi connectivity index (χ0n) is 11.4. The number of hydrogen-bond donors (Lipinski definition) is 1. The van der Waals surface area contributed by atoms with Gasteiger partial charge in [-0.25, -0.2) is 4.79 Å². The van der Waals surface area contributed by atoms with Crippen molar-refractivity contribution >= 4 is 33.5 Å². The van der Waals surface area contributed by atoms with Crippen LogP contribution in [-0.2, 0) is 11.2 Å². The summed E-state index contributed by atoms with van der Waals surface area (Å²) in [7, 11) is 1.59. The Morgan fingerprint density at radius 1 is 1.14 bits per heavy atom. The number of rotatable bonds is 4. The Bertz CT molecular complexity index is 685. The van der Waals surface area contributed by atoms with Crippen molar-refractivity contribution in [3.05, 3.63) is 64.1 Å². The van der Waals surface area contributed by atoms with Crippen LogP contribution >= 0.6 is 15.9 Å². The minimum atomic E-state index is -1.05. The molecule has 0 aliphatic carbocycles. The van der Waals surface area contributed by atoms with Crippen molar-refractivity contribution in [3.8, 4) is 0 Å². The Labute approximate surface area is 131 Å². The van der Waals surface area contributed by atoms with Crippen molar-refractivity contribution in [3.63, 3.8) is 0 Å². The lowest BCUT2D eigenvalue weighted by atomic mass is 10.1. The summed E-state index contributed by atoms with van der Waals surface area (Å²) in [4.78, 5) is 24.9. The Morgan fingerprint density at radius 2 is 1.86 bits per heavy atom. The van der Waals surface area contributed by atoms with Crippen molar-refractivity contribution in [2.75, 3.05) is 11.9 Å². The SMILES string of the molecule is CN(C(=O)Cc1cccc(Br)c1)c1ccccc1C(=O)O. The Hall–Kier alpha value is -2.14. The minimum absolute atomic E-state index is 0.114. The van der Waals surface area contributed by atoms with Crippen molar-refractivity contribution in [1.82, 2.24) is 0 Å². The summed E-state index contributed by atoms with van der Waals surface area (Å²) >= 11 is 3.36. The molecule has 2 aromatic rings. The molecule has 0 radical (unpaired) electrons. The van der Waals surface area contributed by atoms with E-state index in [4.69, 9.17) is 0 Å². The van der Waals surface area contributed by atoms with Gasteiger partial charge in [0.2, 0.25) is 5.91 Å². The number of hydrogen-bond acceptors (Lipinski definition) is 2. The molecule has 2 rings (SSSR count). The van der Waals surface area contributed by atoms with Gasteiger partial charge < -0.3 is 10.0 Å². The zero-order chi connectivity index (χ0) is 15.4. The van der Waals surface area contributed by atoms with Gasteiger partial charge in [0.05, 0.1) is 17.7 Å². The molecular weight excluding hydrogens is 334 g/mol. The van der Waals surface area contributed by atoms with E-state index in [2.05, 4.69) is 15.9 Å².